The average Bonchev–Trinajstić information content (AvgIpc) is 3.00. The average molecular weight is 521 g/mol. The van der Waals surface area contributed by atoms with Gasteiger partial charge in [0.2, 0.25) is 0 Å². The van der Waals surface area contributed by atoms with Gasteiger partial charge in [0.25, 0.3) is 0 Å². The maximum atomic E-state index is 6.23. The van der Waals surface area contributed by atoms with E-state index in [0.29, 0.717) is 0 Å². The third-order valence-corrected chi connectivity index (χ3v) is 4.80. The molecule has 1 radical (unpaired) electrons. The number of furan rings is 1. The minimum absolute atomic E-state index is 0. The van der Waals surface area contributed by atoms with Gasteiger partial charge < -0.3 is 9.40 Å². The summed E-state index contributed by atoms with van der Waals surface area (Å²) in [6.07, 6.45) is 2.83. The van der Waals surface area contributed by atoms with Gasteiger partial charge in [-0.2, -0.15) is 0 Å². The molecule has 0 aliphatic rings. The maximum Gasteiger partial charge on any atom is 0.120 e. The van der Waals surface area contributed by atoms with Crippen molar-refractivity contribution in [2.45, 2.75) is 39.5 Å². The Hall–Kier alpha value is -1.96. The largest absolute Gasteiger partial charge is 0.501 e. The molecule has 0 N–H and O–H groups in total. The van der Waals surface area contributed by atoms with Crippen LogP contribution in [0.3, 0.4) is 0 Å². The molecule has 0 saturated carbocycles. The van der Waals surface area contributed by atoms with Gasteiger partial charge in [-0.25, -0.2) is 0 Å². The first-order valence-electron chi connectivity index (χ1n) is 8.80. The summed E-state index contributed by atoms with van der Waals surface area (Å²) >= 11 is 0. The van der Waals surface area contributed by atoms with Crippen molar-refractivity contribution in [2.24, 2.45) is 0 Å². The summed E-state index contributed by atoms with van der Waals surface area (Å²) in [5.74, 6) is 0. The van der Waals surface area contributed by atoms with Crippen LogP contribution in [0.5, 0.6) is 0 Å². The van der Waals surface area contributed by atoms with Crippen LogP contribution in [0.25, 0.3) is 33.2 Å². The van der Waals surface area contributed by atoms with Gasteiger partial charge in [0, 0.05) is 31.7 Å². The van der Waals surface area contributed by atoms with E-state index in [1.807, 2.05) is 18.3 Å². The number of rotatable bonds is 2. The zero-order chi connectivity index (χ0) is 17.6. The molecule has 0 amide bonds. The van der Waals surface area contributed by atoms with Crippen molar-refractivity contribution < 1.29 is 24.5 Å². The van der Waals surface area contributed by atoms with Crippen LogP contribution in [0.15, 0.2) is 53.1 Å². The van der Waals surface area contributed by atoms with Crippen LogP contribution in [0.1, 0.15) is 38.8 Å². The number of fused-ring (bicyclic) bond motifs is 3. The number of aryl methyl sites for hydroxylation is 1. The summed E-state index contributed by atoms with van der Waals surface area (Å²) in [4.78, 5) is 4.61. The summed E-state index contributed by atoms with van der Waals surface area (Å²) in [7, 11) is 0. The molecule has 0 saturated heterocycles. The molecule has 0 atom stereocenters. The van der Waals surface area contributed by atoms with Crippen molar-refractivity contribution in [3.05, 3.63) is 65.9 Å². The Morgan fingerprint density at radius 3 is 2.62 bits per heavy atom. The Kier molecular flexibility index (Phi) is 5.05. The van der Waals surface area contributed by atoms with Crippen molar-refractivity contribution in [3.63, 3.8) is 0 Å². The van der Waals surface area contributed by atoms with Crippen LogP contribution in [-0.2, 0) is 31.9 Å². The second kappa shape index (κ2) is 6.98. The Morgan fingerprint density at radius 2 is 1.88 bits per heavy atom. The van der Waals surface area contributed by atoms with Gasteiger partial charge in [-0.3, -0.25) is 0 Å². The number of pyridine rings is 1. The van der Waals surface area contributed by atoms with Gasteiger partial charge >= 0.3 is 0 Å². The maximum absolute atomic E-state index is 6.23. The van der Waals surface area contributed by atoms with E-state index in [0.717, 1.165) is 34.2 Å². The number of benzene rings is 2. The predicted molar refractivity (Wildman–Crippen MR) is 104 cm³/mol. The molecule has 0 aliphatic carbocycles. The molecule has 4 aromatic rings. The summed E-state index contributed by atoms with van der Waals surface area (Å²) < 4.78 is 6.23. The first-order chi connectivity index (χ1) is 12.0. The van der Waals surface area contributed by atoms with E-state index in [9.17, 15) is 0 Å². The molecule has 2 heterocycles. The number of hydrogen-bond acceptors (Lipinski definition) is 2. The fourth-order valence-corrected chi connectivity index (χ4v) is 3.34. The van der Waals surface area contributed by atoms with Crippen LogP contribution in [0.4, 0.5) is 0 Å². The third kappa shape index (κ3) is 3.11. The van der Waals surface area contributed by atoms with Gasteiger partial charge in [-0.1, -0.05) is 69.3 Å². The molecule has 135 valence electrons. The van der Waals surface area contributed by atoms with Crippen molar-refractivity contribution >= 4 is 21.9 Å². The van der Waals surface area contributed by atoms with Crippen LogP contribution in [-0.4, -0.2) is 4.98 Å². The molecular formula is C23H22IrNO-. The quantitative estimate of drug-likeness (QED) is 0.290. The van der Waals surface area contributed by atoms with E-state index in [4.69, 9.17) is 4.42 Å². The fourth-order valence-electron chi connectivity index (χ4n) is 3.34. The van der Waals surface area contributed by atoms with Gasteiger partial charge in [0.15, 0.2) is 0 Å². The summed E-state index contributed by atoms with van der Waals surface area (Å²) in [6.45, 7) is 8.81. The van der Waals surface area contributed by atoms with E-state index in [1.165, 1.54) is 16.5 Å². The molecule has 2 nitrogen and oxygen atoms in total. The number of nitrogens with zero attached hydrogens (tertiary/aromatic N) is 1. The summed E-state index contributed by atoms with van der Waals surface area (Å²) in [6, 6.07) is 18.0. The number of para-hydroxylation sites is 1. The van der Waals surface area contributed by atoms with Gasteiger partial charge in [-0.05, 0) is 28.8 Å². The van der Waals surface area contributed by atoms with Crippen molar-refractivity contribution in [1.82, 2.24) is 4.98 Å². The summed E-state index contributed by atoms with van der Waals surface area (Å²) in [5.41, 5.74) is 6.26. The smallest absolute Gasteiger partial charge is 0.120 e. The van der Waals surface area contributed by atoms with Crippen LogP contribution >= 0.6 is 0 Å². The van der Waals surface area contributed by atoms with E-state index >= 15 is 0 Å². The molecule has 4 rings (SSSR count). The molecule has 0 fully saturated rings. The Balaban J connectivity index is 0.00000196. The van der Waals surface area contributed by atoms with E-state index in [1.54, 1.807) is 0 Å². The Morgan fingerprint density at radius 1 is 1.12 bits per heavy atom. The minimum atomic E-state index is 0. The number of hydrogen-bond donors (Lipinski definition) is 0. The summed E-state index contributed by atoms with van der Waals surface area (Å²) in [5, 5.41) is 2.35. The second-order valence-corrected chi connectivity index (χ2v) is 7.52. The minimum Gasteiger partial charge on any atom is -0.501 e. The number of aromatic nitrogens is 1. The topological polar surface area (TPSA) is 26.0 Å². The van der Waals surface area contributed by atoms with E-state index < -0.39 is 0 Å². The first kappa shape index (κ1) is 18.8. The standard InChI is InChI=1S/C23H22NO.Ir/c1-5-15-10-11-17(19-14-16(12-13-24-19)23(2,3)4)22-21(15)18-8-6-7-9-20(18)25-22;/h6-10,12-14H,5H2,1-4H3;/q-1;. The van der Waals surface area contributed by atoms with Crippen LogP contribution < -0.4 is 0 Å². The first-order valence-corrected chi connectivity index (χ1v) is 8.80. The molecule has 2 aromatic carbocycles. The third-order valence-electron chi connectivity index (χ3n) is 4.80. The van der Waals surface area contributed by atoms with Crippen molar-refractivity contribution in [1.29, 1.82) is 0 Å². The van der Waals surface area contributed by atoms with Crippen LogP contribution in [0, 0.1) is 6.07 Å². The Labute approximate surface area is 168 Å². The SMILES string of the molecule is CCc1c[c-]c(-c2cc(C(C)(C)C)ccn2)c2oc3ccccc3c12.[Ir]. The molecule has 0 bridgehead atoms. The molecule has 26 heavy (non-hydrogen) atoms. The predicted octanol–water partition coefficient (Wildman–Crippen LogP) is 6.31. The molecular weight excluding hydrogens is 498 g/mol. The fraction of sp³-hybridized carbons (Fsp3) is 0.261. The van der Waals surface area contributed by atoms with E-state index in [2.05, 4.69) is 69.1 Å². The molecule has 0 unspecified atom stereocenters. The molecule has 0 aliphatic heterocycles. The van der Waals surface area contributed by atoms with Crippen molar-refractivity contribution in [3.8, 4) is 11.3 Å². The molecule has 2 aromatic heterocycles. The Bertz CT molecular complexity index is 1070. The molecule has 0 spiro atoms. The second-order valence-electron chi connectivity index (χ2n) is 7.52. The van der Waals surface area contributed by atoms with E-state index in [-0.39, 0.29) is 25.5 Å². The normalized spacial score (nSPS) is 11.7. The van der Waals surface area contributed by atoms with Crippen molar-refractivity contribution in [2.75, 3.05) is 0 Å². The zero-order valence-electron chi connectivity index (χ0n) is 15.5. The zero-order valence-corrected chi connectivity index (χ0v) is 17.9. The monoisotopic (exact) mass is 521 g/mol. The van der Waals surface area contributed by atoms with Crippen LogP contribution in [0.2, 0.25) is 0 Å². The van der Waals surface area contributed by atoms with Gasteiger partial charge in [-0.15, -0.1) is 17.7 Å². The van der Waals surface area contributed by atoms with Gasteiger partial charge in [0.05, 0.1) is 5.58 Å². The molecule has 3 heteroatoms. The van der Waals surface area contributed by atoms with Gasteiger partial charge in [0.1, 0.15) is 5.58 Å².